The Labute approximate surface area is 124 Å². The number of sulfone groups is 1. The van der Waals surface area contributed by atoms with E-state index in [2.05, 4.69) is 15.9 Å². The number of ketones is 1. The van der Waals surface area contributed by atoms with Gasteiger partial charge in [-0.2, -0.15) is 0 Å². The van der Waals surface area contributed by atoms with Gasteiger partial charge in [-0.3, -0.25) is 4.79 Å². The van der Waals surface area contributed by atoms with Crippen molar-refractivity contribution in [3.63, 3.8) is 0 Å². The second kappa shape index (κ2) is 5.56. The van der Waals surface area contributed by atoms with E-state index in [1.807, 2.05) is 13.0 Å². The van der Waals surface area contributed by atoms with Gasteiger partial charge in [-0.05, 0) is 37.3 Å². The lowest BCUT2D eigenvalue weighted by Crippen LogP contribution is -2.15. The average molecular weight is 359 g/mol. The number of halogens is 1. The first-order valence-corrected chi connectivity index (χ1v) is 8.72. The predicted octanol–water partition coefficient (Wildman–Crippen LogP) is 3.48. The van der Waals surface area contributed by atoms with E-state index in [-0.39, 0.29) is 10.7 Å². The summed E-state index contributed by atoms with van der Waals surface area (Å²) in [4.78, 5) is 13.6. The summed E-state index contributed by atoms with van der Waals surface area (Å²) in [6.07, 6.45) is 0. The molecular weight excluding hydrogens is 348 g/mol. The zero-order valence-corrected chi connectivity index (χ0v) is 13.3. The van der Waals surface area contributed by atoms with Crippen molar-refractivity contribution in [1.29, 1.82) is 0 Å². The quantitative estimate of drug-likeness (QED) is 0.786. The summed E-state index contributed by atoms with van der Waals surface area (Å²) in [5, 5.41) is 0. The average Bonchev–Trinajstić information content (AvgIpc) is 2.75. The molecule has 19 heavy (non-hydrogen) atoms. The van der Waals surface area contributed by atoms with Crippen molar-refractivity contribution in [2.45, 2.75) is 11.8 Å². The van der Waals surface area contributed by atoms with Crippen LogP contribution in [0.25, 0.3) is 0 Å². The van der Waals surface area contributed by atoms with Gasteiger partial charge in [-0.25, -0.2) is 8.42 Å². The van der Waals surface area contributed by atoms with Crippen molar-refractivity contribution < 1.29 is 13.2 Å². The Morgan fingerprint density at radius 1 is 1.26 bits per heavy atom. The van der Waals surface area contributed by atoms with Gasteiger partial charge in [0.2, 0.25) is 0 Å². The van der Waals surface area contributed by atoms with Crippen LogP contribution in [0.15, 0.2) is 45.8 Å². The molecule has 0 amide bonds. The van der Waals surface area contributed by atoms with Crippen LogP contribution in [0, 0.1) is 6.92 Å². The van der Waals surface area contributed by atoms with Gasteiger partial charge in [0.25, 0.3) is 0 Å². The molecule has 2 rings (SSSR count). The van der Waals surface area contributed by atoms with E-state index in [0.29, 0.717) is 9.35 Å². The van der Waals surface area contributed by atoms with Crippen molar-refractivity contribution in [2.75, 3.05) is 5.75 Å². The monoisotopic (exact) mass is 358 g/mol. The molecular formula is C13H11BrO3S2. The Kier molecular flexibility index (Phi) is 4.23. The third-order valence-corrected chi connectivity index (χ3v) is 5.64. The maximum absolute atomic E-state index is 12.1. The first kappa shape index (κ1) is 14.4. The summed E-state index contributed by atoms with van der Waals surface area (Å²) in [6.45, 7) is 1.88. The van der Waals surface area contributed by atoms with Crippen LogP contribution in [-0.4, -0.2) is 20.0 Å². The van der Waals surface area contributed by atoms with Crippen LogP contribution >= 0.6 is 27.3 Å². The molecule has 0 aliphatic heterocycles. The van der Waals surface area contributed by atoms with Crippen molar-refractivity contribution in [1.82, 2.24) is 0 Å². The van der Waals surface area contributed by atoms with Crippen LogP contribution < -0.4 is 0 Å². The van der Waals surface area contributed by atoms with Crippen molar-refractivity contribution in [3.8, 4) is 0 Å². The summed E-state index contributed by atoms with van der Waals surface area (Å²) in [7, 11) is -3.59. The number of carbonyl (C=O) groups excluding carboxylic acids is 1. The van der Waals surface area contributed by atoms with E-state index in [0.717, 1.165) is 4.88 Å². The number of Topliss-reactive ketones (excluding diaryl/α,β-unsaturated/α-hetero) is 1. The number of rotatable bonds is 4. The van der Waals surface area contributed by atoms with E-state index in [4.69, 9.17) is 0 Å². The molecule has 3 nitrogen and oxygen atoms in total. The molecule has 1 aromatic heterocycles. The smallest absolute Gasteiger partial charge is 0.188 e. The van der Waals surface area contributed by atoms with E-state index in [1.165, 1.54) is 23.5 Å². The fraction of sp³-hybridized carbons (Fsp3) is 0.154. The largest absolute Gasteiger partial charge is 0.292 e. The SMILES string of the molecule is Cc1ccc(C(=O)CS(=O)(=O)c2cccc(Br)c2)s1. The summed E-state index contributed by atoms with van der Waals surface area (Å²) < 4.78 is 24.9. The maximum atomic E-state index is 12.1. The normalized spacial score (nSPS) is 11.5. The van der Waals surface area contributed by atoms with Crippen LogP contribution in [0.5, 0.6) is 0 Å². The fourth-order valence-corrected chi connectivity index (χ4v) is 4.28. The molecule has 2 aromatic rings. The number of benzene rings is 1. The molecule has 6 heteroatoms. The van der Waals surface area contributed by atoms with E-state index < -0.39 is 15.6 Å². The lowest BCUT2D eigenvalue weighted by molar-refractivity contribution is 0.102. The molecule has 0 N–H and O–H groups in total. The number of carbonyl (C=O) groups is 1. The van der Waals surface area contributed by atoms with Gasteiger partial charge in [-0.1, -0.05) is 22.0 Å². The molecule has 0 radical (unpaired) electrons. The zero-order valence-electron chi connectivity index (χ0n) is 10.1. The Morgan fingerprint density at radius 3 is 2.58 bits per heavy atom. The highest BCUT2D eigenvalue weighted by molar-refractivity contribution is 9.10. The van der Waals surface area contributed by atoms with Gasteiger partial charge in [-0.15, -0.1) is 11.3 Å². The van der Waals surface area contributed by atoms with Crippen LogP contribution in [-0.2, 0) is 9.84 Å². The molecule has 0 saturated carbocycles. The minimum atomic E-state index is -3.59. The summed E-state index contributed by atoms with van der Waals surface area (Å²) in [5.41, 5.74) is 0. The van der Waals surface area contributed by atoms with Gasteiger partial charge in [0.15, 0.2) is 15.6 Å². The number of hydrogen-bond acceptors (Lipinski definition) is 4. The summed E-state index contributed by atoms with van der Waals surface area (Å²) >= 11 is 4.53. The van der Waals surface area contributed by atoms with Crippen LogP contribution in [0.3, 0.4) is 0 Å². The highest BCUT2D eigenvalue weighted by atomic mass is 79.9. The van der Waals surface area contributed by atoms with Gasteiger partial charge in [0, 0.05) is 9.35 Å². The van der Waals surface area contributed by atoms with Crippen LogP contribution in [0.2, 0.25) is 0 Å². The van der Waals surface area contributed by atoms with Crippen LogP contribution in [0.4, 0.5) is 0 Å². The van der Waals surface area contributed by atoms with E-state index >= 15 is 0 Å². The lowest BCUT2D eigenvalue weighted by atomic mass is 10.3. The molecule has 0 aliphatic rings. The lowest BCUT2D eigenvalue weighted by Gasteiger charge is -2.03. The molecule has 0 atom stereocenters. The summed E-state index contributed by atoms with van der Waals surface area (Å²) in [6, 6.07) is 9.85. The Balaban J connectivity index is 2.25. The Hall–Kier alpha value is -0.980. The molecule has 0 fully saturated rings. The molecule has 0 bridgehead atoms. The molecule has 0 unspecified atom stereocenters. The van der Waals surface area contributed by atoms with Crippen molar-refractivity contribution >= 4 is 42.9 Å². The first-order chi connectivity index (χ1) is 8.88. The summed E-state index contributed by atoms with van der Waals surface area (Å²) in [5.74, 6) is -0.860. The molecule has 100 valence electrons. The van der Waals surface area contributed by atoms with Gasteiger partial charge >= 0.3 is 0 Å². The Morgan fingerprint density at radius 2 is 2.00 bits per heavy atom. The number of thiophene rings is 1. The second-order valence-corrected chi connectivity index (χ2v) is 8.24. The molecule has 1 aromatic carbocycles. The molecule has 0 saturated heterocycles. The van der Waals surface area contributed by atoms with Crippen molar-refractivity contribution in [3.05, 3.63) is 50.6 Å². The molecule has 0 spiro atoms. The molecule has 0 aliphatic carbocycles. The number of aryl methyl sites for hydroxylation is 1. The zero-order chi connectivity index (χ0) is 14.0. The predicted molar refractivity (Wildman–Crippen MR) is 79.6 cm³/mol. The third kappa shape index (κ3) is 3.52. The maximum Gasteiger partial charge on any atom is 0.188 e. The van der Waals surface area contributed by atoms with E-state index in [9.17, 15) is 13.2 Å². The third-order valence-electron chi connectivity index (χ3n) is 2.49. The topological polar surface area (TPSA) is 51.2 Å². The highest BCUT2D eigenvalue weighted by Crippen LogP contribution is 2.20. The second-order valence-electron chi connectivity index (χ2n) is 4.05. The molecule has 1 heterocycles. The number of hydrogen-bond donors (Lipinski definition) is 0. The standard InChI is InChI=1S/C13H11BrO3S2/c1-9-5-6-13(18-9)12(15)8-19(16,17)11-4-2-3-10(14)7-11/h2-7H,8H2,1H3. The van der Waals surface area contributed by atoms with Gasteiger partial charge < -0.3 is 0 Å². The van der Waals surface area contributed by atoms with Gasteiger partial charge in [0.05, 0.1) is 9.77 Å². The fourth-order valence-electron chi connectivity index (χ4n) is 1.57. The minimum absolute atomic E-state index is 0.156. The van der Waals surface area contributed by atoms with Gasteiger partial charge in [0.1, 0.15) is 5.75 Å². The van der Waals surface area contributed by atoms with Crippen molar-refractivity contribution in [2.24, 2.45) is 0 Å². The van der Waals surface area contributed by atoms with Crippen LogP contribution in [0.1, 0.15) is 14.5 Å². The van der Waals surface area contributed by atoms with E-state index in [1.54, 1.807) is 18.2 Å². The Bertz CT molecular complexity index is 717. The highest BCUT2D eigenvalue weighted by Gasteiger charge is 2.21. The minimum Gasteiger partial charge on any atom is -0.292 e. The first-order valence-electron chi connectivity index (χ1n) is 5.46.